The lowest BCUT2D eigenvalue weighted by Gasteiger charge is -2.11. The molecule has 102 valence electrons. The molecule has 2 N–H and O–H groups in total. The molecule has 0 aromatic heterocycles. The summed E-state index contributed by atoms with van der Waals surface area (Å²) in [7, 11) is -3.12. The largest absolute Gasteiger partial charge is 0.316 e. The Balaban J connectivity index is 1.99. The Labute approximate surface area is 101 Å². The maximum absolute atomic E-state index is 12.9. The van der Waals surface area contributed by atoms with Crippen LogP contribution in [0.5, 0.6) is 0 Å². The zero-order chi connectivity index (χ0) is 12.9. The monoisotopic (exact) mass is 270 g/mol. The van der Waals surface area contributed by atoms with E-state index in [1.807, 2.05) is 0 Å². The highest BCUT2D eigenvalue weighted by Gasteiger charge is 2.38. The van der Waals surface area contributed by atoms with Gasteiger partial charge in [0.1, 0.15) is 0 Å². The predicted molar refractivity (Wildman–Crippen MR) is 62.6 cm³/mol. The number of halogens is 2. The topological polar surface area (TPSA) is 58.2 Å². The first-order valence-electron chi connectivity index (χ1n) is 5.82. The number of sulfonamides is 1. The second kappa shape index (κ2) is 6.06. The summed E-state index contributed by atoms with van der Waals surface area (Å²) in [4.78, 5) is 0. The third-order valence-corrected chi connectivity index (χ3v) is 3.56. The minimum Gasteiger partial charge on any atom is -0.316 e. The zero-order valence-electron chi connectivity index (χ0n) is 10.0. The van der Waals surface area contributed by atoms with Gasteiger partial charge < -0.3 is 5.32 Å². The fourth-order valence-corrected chi connectivity index (χ4v) is 2.51. The maximum Gasteiger partial charge on any atom is 0.248 e. The van der Waals surface area contributed by atoms with E-state index in [4.69, 9.17) is 0 Å². The van der Waals surface area contributed by atoms with Gasteiger partial charge in [-0.2, -0.15) is 0 Å². The van der Waals surface area contributed by atoms with Crippen molar-refractivity contribution in [3.63, 3.8) is 0 Å². The van der Waals surface area contributed by atoms with Crippen LogP contribution in [0, 0.1) is 5.92 Å². The summed E-state index contributed by atoms with van der Waals surface area (Å²) in [6, 6.07) is 0. The van der Waals surface area contributed by atoms with Crippen molar-refractivity contribution in [3.8, 4) is 0 Å². The Morgan fingerprint density at radius 1 is 1.35 bits per heavy atom. The summed E-state index contributed by atoms with van der Waals surface area (Å²) in [5.41, 5.74) is 0. The molecule has 0 bridgehead atoms. The van der Waals surface area contributed by atoms with E-state index in [1.54, 1.807) is 0 Å². The Kier molecular flexibility index (Phi) is 5.27. The molecule has 1 aliphatic carbocycles. The number of hydrogen-bond acceptors (Lipinski definition) is 3. The summed E-state index contributed by atoms with van der Waals surface area (Å²) >= 11 is 0. The molecule has 0 aromatic rings. The van der Waals surface area contributed by atoms with Gasteiger partial charge in [-0.25, -0.2) is 21.9 Å². The number of rotatable bonds is 7. The fraction of sp³-hybridized carbons (Fsp3) is 1.00. The van der Waals surface area contributed by atoms with Crippen LogP contribution in [-0.4, -0.2) is 40.2 Å². The van der Waals surface area contributed by atoms with Gasteiger partial charge in [0.2, 0.25) is 15.9 Å². The Hall–Kier alpha value is -0.270. The molecule has 0 spiro atoms. The van der Waals surface area contributed by atoms with Crippen LogP contribution in [0.2, 0.25) is 0 Å². The van der Waals surface area contributed by atoms with Crippen molar-refractivity contribution in [3.05, 3.63) is 0 Å². The van der Waals surface area contributed by atoms with E-state index in [1.165, 1.54) is 0 Å². The highest BCUT2D eigenvalue weighted by Crippen LogP contribution is 2.38. The van der Waals surface area contributed by atoms with Gasteiger partial charge in [0.05, 0.1) is 6.26 Å². The Morgan fingerprint density at radius 3 is 2.59 bits per heavy atom. The van der Waals surface area contributed by atoms with Gasteiger partial charge in [0, 0.05) is 19.4 Å². The molecule has 0 heterocycles. The van der Waals surface area contributed by atoms with Crippen LogP contribution in [0.25, 0.3) is 0 Å². The van der Waals surface area contributed by atoms with Crippen molar-refractivity contribution in [1.29, 1.82) is 0 Å². The summed E-state index contributed by atoms with van der Waals surface area (Å²) in [6.07, 6.45) is 2.31. The molecule has 1 unspecified atom stereocenters. The number of hydrogen-bond donors (Lipinski definition) is 2. The van der Waals surface area contributed by atoms with E-state index in [-0.39, 0.29) is 18.8 Å². The van der Waals surface area contributed by atoms with E-state index < -0.39 is 15.9 Å². The maximum atomic E-state index is 12.9. The number of alkyl halides is 2. The molecule has 1 fully saturated rings. The van der Waals surface area contributed by atoms with Crippen LogP contribution < -0.4 is 10.0 Å². The van der Waals surface area contributed by atoms with E-state index in [0.29, 0.717) is 32.5 Å². The highest BCUT2D eigenvalue weighted by molar-refractivity contribution is 7.88. The average Bonchev–Trinajstić information content (AvgIpc) is 2.50. The quantitative estimate of drug-likeness (QED) is 0.677. The minimum atomic E-state index is -3.12. The molecule has 1 saturated carbocycles. The van der Waals surface area contributed by atoms with Gasteiger partial charge in [-0.1, -0.05) is 0 Å². The summed E-state index contributed by atoms with van der Waals surface area (Å²) < 4.78 is 49.5. The van der Waals surface area contributed by atoms with E-state index in [2.05, 4.69) is 10.0 Å². The average molecular weight is 270 g/mol. The fourth-order valence-electron chi connectivity index (χ4n) is 1.99. The van der Waals surface area contributed by atoms with Crippen LogP contribution in [0.1, 0.15) is 25.7 Å². The zero-order valence-corrected chi connectivity index (χ0v) is 10.8. The smallest absolute Gasteiger partial charge is 0.248 e. The first kappa shape index (κ1) is 14.8. The van der Waals surface area contributed by atoms with E-state index >= 15 is 0 Å². The van der Waals surface area contributed by atoms with E-state index in [9.17, 15) is 17.2 Å². The molecule has 4 nitrogen and oxygen atoms in total. The molecular weight excluding hydrogens is 250 g/mol. The molecule has 17 heavy (non-hydrogen) atoms. The molecule has 7 heteroatoms. The van der Waals surface area contributed by atoms with Gasteiger partial charge >= 0.3 is 0 Å². The summed E-state index contributed by atoms with van der Waals surface area (Å²) in [5.74, 6) is -2.43. The highest BCUT2D eigenvalue weighted by atomic mass is 32.2. The van der Waals surface area contributed by atoms with Crippen LogP contribution >= 0.6 is 0 Å². The molecule has 0 radical (unpaired) electrons. The normalized spacial score (nSPS) is 24.1. The third-order valence-electron chi connectivity index (χ3n) is 2.83. The van der Waals surface area contributed by atoms with Gasteiger partial charge in [-0.3, -0.25) is 0 Å². The molecule has 1 atom stereocenters. The molecule has 0 aromatic carbocycles. The van der Waals surface area contributed by atoms with Crippen molar-refractivity contribution < 1.29 is 17.2 Å². The van der Waals surface area contributed by atoms with Gasteiger partial charge in [-0.15, -0.1) is 0 Å². The van der Waals surface area contributed by atoms with Crippen LogP contribution in [-0.2, 0) is 10.0 Å². The van der Waals surface area contributed by atoms with Crippen molar-refractivity contribution in [2.45, 2.75) is 31.6 Å². The Bertz CT molecular complexity index is 333. The lowest BCUT2D eigenvalue weighted by Crippen LogP contribution is -2.28. The van der Waals surface area contributed by atoms with Crippen LogP contribution in [0.3, 0.4) is 0 Å². The molecule has 0 amide bonds. The molecule has 1 aliphatic rings. The van der Waals surface area contributed by atoms with Gasteiger partial charge in [0.15, 0.2) is 0 Å². The molecule has 0 aliphatic heterocycles. The second-order valence-electron chi connectivity index (χ2n) is 4.69. The van der Waals surface area contributed by atoms with Crippen molar-refractivity contribution in [2.24, 2.45) is 5.92 Å². The summed E-state index contributed by atoms with van der Waals surface area (Å²) in [5, 5.41) is 3.08. The first-order chi connectivity index (χ1) is 7.79. The number of nitrogens with one attached hydrogen (secondary N) is 2. The van der Waals surface area contributed by atoms with Crippen molar-refractivity contribution >= 4 is 10.0 Å². The lowest BCUT2D eigenvalue weighted by molar-refractivity contribution is 0.00509. The molecule has 0 saturated heterocycles. The molecule has 1 rings (SSSR count). The van der Waals surface area contributed by atoms with Crippen LogP contribution in [0.4, 0.5) is 8.78 Å². The molecular formula is C10H20F2N2O2S. The third kappa shape index (κ3) is 6.90. The Morgan fingerprint density at radius 2 is 2.06 bits per heavy atom. The van der Waals surface area contributed by atoms with Gasteiger partial charge in [-0.05, 0) is 31.8 Å². The summed E-state index contributed by atoms with van der Waals surface area (Å²) in [6.45, 7) is 1.62. The lowest BCUT2D eigenvalue weighted by atomic mass is 10.1. The van der Waals surface area contributed by atoms with Crippen LogP contribution in [0.15, 0.2) is 0 Å². The SMILES string of the molecule is CS(=O)(=O)NCCCNCC1CCC(F)(F)C1. The second-order valence-corrected chi connectivity index (χ2v) is 6.52. The van der Waals surface area contributed by atoms with E-state index in [0.717, 1.165) is 6.26 Å². The standard InChI is InChI=1S/C10H20F2N2O2S/c1-17(15,16)14-6-2-5-13-8-9-3-4-10(11,12)7-9/h9,13-14H,2-8H2,1H3. The van der Waals surface area contributed by atoms with Crippen molar-refractivity contribution in [2.75, 3.05) is 25.9 Å². The minimum absolute atomic E-state index is 0.00498. The predicted octanol–water partition coefficient (Wildman–Crippen LogP) is 0.951. The first-order valence-corrected chi connectivity index (χ1v) is 7.71. The van der Waals surface area contributed by atoms with Gasteiger partial charge in [0.25, 0.3) is 0 Å². The van der Waals surface area contributed by atoms with Crippen molar-refractivity contribution in [1.82, 2.24) is 10.0 Å².